The summed E-state index contributed by atoms with van der Waals surface area (Å²) in [4.78, 5) is 0. The SMILES string of the molecule is Clc1cccc(C(CBr)CCc2ccsc2)c1. The van der Waals surface area contributed by atoms with E-state index in [9.17, 15) is 0 Å². The molecule has 0 saturated heterocycles. The van der Waals surface area contributed by atoms with Gasteiger partial charge >= 0.3 is 0 Å². The van der Waals surface area contributed by atoms with Gasteiger partial charge in [-0.25, -0.2) is 0 Å². The van der Waals surface area contributed by atoms with Crippen LogP contribution in [0, 0.1) is 0 Å². The van der Waals surface area contributed by atoms with Gasteiger partial charge in [-0.3, -0.25) is 0 Å². The molecule has 1 atom stereocenters. The van der Waals surface area contributed by atoms with E-state index in [-0.39, 0.29) is 0 Å². The Hall–Kier alpha value is -0.310. The second-order valence-corrected chi connectivity index (χ2v) is 5.94. The van der Waals surface area contributed by atoms with Crippen molar-refractivity contribution in [1.82, 2.24) is 0 Å². The van der Waals surface area contributed by atoms with Crippen LogP contribution in [0.3, 0.4) is 0 Å². The molecule has 2 rings (SSSR count). The molecule has 0 aliphatic rings. The number of thiophene rings is 1. The molecule has 1 aromatic heterocycles. The highest BCUT2D eigenvalue weighted by Gasteiger charge is 2.10. The molecule has 0 spiro atoms. The van der Waals surface area contributed by atoms with Crippen molar-refractivity contribution in [3.8, 4) is 0 Å². The highest BCUT2D eigenvalue weighted by Crippen LogP contribution is 2.26. The number of halogens is 2. The quantitative estimate of drug-likeness (QED) is 0.634. The van der Waals surface area contributed by atoms with Crippen molar-refractivity contribution >= 4 is 38.9 Å². The molecule has 0 bridgehead atoms. The van der Waals surface area contributed by atoms with Crippen LogP contribution in [0.25, 0.3) is 0 Å². The first kappa shape index (κ1) is 13.1. The lowest BCUT2D eigenvalue weighted by molar-refractivity contribution is 0.693. The summed E-state index contributed by atoms with van der Waals surface area (Å²) in [6.45, 7) is 0. The maximum absolute atomic E-state index is 6.03. The molecule has 0 radical (unpaired) electrons. The van der Waals surface area contributed by atoms with Crippen LogP contribution in [0.1, 0.15) is 23.5 Å². The Bertz CT molecular complexity index is 453. The molecule has 0 aliphatic carbocycles. The van der Waals surface area contributed by atoms with E-state index >= 15 is 0 Å². The van der Waals surface area contributed by atoms with Gasteiger partial charge in [-0.15, -0.1) is 0 Å². The number of hydrogen-bond donors (Lipinski definition) is 0. The Labute approximate surface area is 120 Å². The normalized spacial score (nSPS) is 12.6. The van der Waals surface area contributed by atoms with E-state index in [2.05, 4.69) is 44.9 Å². The predicted molar refractivity (Wildman–Crippen MR) is 80.6 cm³/mol. The minimum absolute atomic E-state index is 0.536. The molecule has 1 aromatic carbocycles. The molecule has 2 aromatic rings. The molecule has 1 unspecified atom stereocenters. The molecule has 0 fully saturated rings. The highest BCUT2D eigenvalue weighted by molar-refractivity contribution is 9.09. The lowest BCUT2D eigenvalue weighted by Gasteiger charge is -2.14. The first-order chi connectivity index (χ1) is 8.29. The topological polar surface area (TPSA) is 0 Å². The molecular formula is C14H14BrClS. The van der Waals surface area contributed by atoms with Crippen LogP contribution in [0.4, 0.5) is 0 Å². The van der Waals surface area contributed by atoms with Gasteiger partial charge < -0.3 is 0 Å². The molecule has 90 valence electrons. The van der Waals surface area contributed by atoms with Crippen LogP contribution in [0.15, 0.2) is 41.1 Å². The average molecular weight is 330 g/mol. The summed E-state index contributed by atoms with van der Waals surface area (Å²) >= 11 is 11.4. The van der Waals surface area contributed by atoms with Crippen molar-refractivity contribution < 1.29 is 0 Å². The van der Waals surface area contributed by atoms with Crippen molar-refractivity contribution in [2.24, 2.45) is 0 Å². The third kappa shape index (κ3) is 3.84. The Morgan fingerprint density at radius 3 is 2.82 bits per heavy atom. The van der Waals surface area contributed by atoms with Crippen LogP contribution < -0.4 is 0 Å². The van der Waals surface area contributed by atoms with Gasteiger partial charge in [0, 0.05) is 10.4 Å². The van der Waals surface area contributed by atoms with Gasteiger partial charge in [0.05, 0.1) is 0 Å². The third-order valence-electron chi connectivity index (χ3n) is 2.87. The molecule has 0 aliphatic heterocycles. The Balaban J connectivity index is 2.01. The zero-order valence-electron chi connectivity index (χ0n) is 9.40. The molecule has 3 heteroatoms. The molecule has 0 amide bonds. The zero-order chi connectivity index (χ0) is 12.1. The average Bonchev–Trinajstić information content (AvgIpc) is 2.83. The van der Waals surface area contributed by atoms with Crippen LogP contribution >= 0.6 is 38.9 Å². The summed E-state index contributed by atoms with van der Waals surface area (Å²) in [7, 11) is 0. The van der Waals surface area contributed by atoms with E-state index in [0.29, 0.717) is 5.92 Å². The van der Waals surface area contributed by atoms with Gasteiger partial charge in [0.1, 0.15) is 0 Å². The number of aryl methyl sites for hydroxylation is 1. The molecule has 0 nitrogen and oxygen atoms in total. The predicted octanol–water partition coefficient (Wildman–Crippen LogP) is 5.51. The smallest absolute Gasteiger partial charge is 0.0408 e. The second-order valence-electron chi connectivity index (χ2n) is 4.08. The summed E-state index contributed by atoms with van der Waals surface area (Å²) in [5.41, 5.74) is 2.76. The number of benzene rings is 1. The lowest BCUT2D eigenvalue weighted by Crippen LogP contribution is -2.02. The Kier molecular flexibility index (Phi) is 5.08. The molecule has 0 saturated carbocycles. The van der Waals surface area contributed by atoms with Crippen molar-refractivity contribution in [3.63, 3.8) is 0 Å². The standard InChI is InChI=1S/C14H14BrClS/c15-9-13(5-4-11-6-7-17-10-11)12-2-1-3-14(16)8-12/h1-3,6-8,10,13H,4-5,9H2. The van der Waals surface area contributed by atoms with Crippen LogP contribution in [-0.2, 0) is 6.42 Å². The summed E-state index contributed by atoms with van der Waals surface area (Å²) in [5.74, 6) is 0.536. The minimum atomic E-state index is 0.536. The number of alkyl halides is 1. The van der Waals surface area contributed by atoms with Crippen molar-refractivity contribution in [2.45, 2.75) is 18.8 Å². The lowest BCUT2D eigenvalue weighted by atomic mass is 9.95. The van der Waals surface area contributed by atoms with E-state index in [1.807, 2.05) is 12.1 Å². The van der Waals surface area contributed by atoms with E-state index in [0.717, 1.165) is 23.2 Å². The fraction of sp³-hybridized carbons (Fsp3) is 0.286. The zero-order valence-corrected chi connectivity index (χ0v) is 12.6. The largest absolute Gasteiger partial charge is 0.152 e. The highest BCUT2D eigenvalue weighted by atomic mass is 79.9. The molecule has 17 heavy (non-hydrogen) atoms. The minimum Gasteiger partial charge on any atom is -0.152 e. The van der Waals surface area contributed by atoms with Gasteiger partial charge in [0.15, 0.2) is 0 Å². The van der Waals surface area contributed by atoms with Crippen molar-refractivity contribution in [1.29, 1.82) is 0 Å². The molecule has 1 heterocycles. The summed E-state index contributed by atoms with van der Waals surface area (Å²) in [5, 5.41) is 6.17. The monoisotopic (exact) mass is 328 g/mol. The summed E-state index contributed by atoms with van der Waals surface area (Å²) in [6.07, 6.45) is 2.29. The van der Waals surface area contributed by atoms with E-state index in [1.165, 1.54) is 11.1 Å². The Morgan fingerprint density at radius 1 is 1.29 bits per heavy atom. The second kappa shape index (κ2) is 6.58. The van der Waals surface area contributed by atoms with Crippen LogP contribution in [0.2, 0.25) is 5.02 Å². The van der Waals surface area contributed by atoms with E-state index < -0.39 is 0 Å². The number of rotatable bonds is 5. The third-order valence-corrected chi connectivity index (χ3v) is 4.62. The first-order valence-electron chi connectivity index (χ1n) is 5.62. The van der Waals surface area contributed by atoms with Gasteiger partial charge in [0.2, 0.25) is 0 Å². The van der Waals surface area contributed by atoms with Gasteiger partial charge in [-0.2, -0.15) is 11.3 Å². The van der Waals surface area contributed by atoms with Crippen LogP contribution in [-0.4, -0.2) is 5.33 Å². The maximum Gasteiger partial charge on any atom is 0.0408 e. The number of hydrogen-bond acceptors (Lipinski definition) is 1. The fourth-order valence-electron chi connectivity index (χ4n) is 1.87. The van der Waals surface area contributed by atoms with Gasteiger partial charge in [0.25, 0.3) is 0 Å². The Morgan fingerprint density at radius 2 is 2.18 bits per heavy atom. The van der Waals surface area contributed by atoms with Crippen LogP contribution in [0.5, 0.6) is 0 Å². The summed E-state index contributed by atoms with van der Waals surface area (Å²) in [6, 6.07) is 10.4. The van der Waals surface area contributed by atoms with Gasteiger partial charge in [-0.1, -0.05) is 39.7 Å². The first-order valence-corrected chi connectivity index (χ1v) is 8.06. The van der Waals surface area contributed by atoms with Crippen molar-refractivity contribution in [2.75, 3.05) is 5.33 Å². The molecule has 0 N–H and O–H groups in total. The maximum atomic E-state index is 6.03. The van der Waals surface area contributed by atoms with E-state index in [1.54, 1.807) is 11.3 Å². The van der Waals surface area contributed by atoms with Gasteiger partial charge in [-0.05, 0) is 58.8 Å². The van der Waals surface area contributed by atoms with E-state index in [4.69, 9.17) is 11.6 Å². The molecular weight excluding hydrogens is 316 g/mol. The van der Waals surface area contributed by atoms with Crippen molar-refractivity contribution in [3.05, 3.63) is 57.2 Å². The fourth-order valence-corrected chi connectivity index (χ4v) is 3.47. The summed E-state index contributed by atoms with van der Waals surface area (Å²) < 4.78 is 0.